The summed E-state index contributed by atoms with van der Waals surface area (Å²) in [6, 6.07) is 5.89. The van der Waals surface area contributed by atoms with E-state index in [4.69, 9.17) is 4.52 Å². The van der Waals surface area contributed by atoms with Gasteiger partial charge in [-0.25, -0.2) is 0 Å². The summed E-state index contributed by atoms with van der Waals surface area (Å²) in [5.74, 6) is 1.17. The number of benzene rings is 1. The highest BCUT2D eigenvalue weighted by molar-refractivity contribution is 9.10. The maximum Gasteiger partial charge on any atom is 0.227 e. The maximum absolute atomic E-state index is 10.9. The van der Waals surface area contributed by atoms with E-state index in [1.807, 2.05) is 25.1 Å². The highest BCUT2D eigenvalue weighted by atomic mass is 79.9. The van der Waals surface area contributed by atoms with E-state index in [0.717, 1.165) is 15.6 Å². The molecule has 0 bridgehead atoms. The Kier molecular flexibility index (Phi) is 3.91. The fraction of sp³-hybridized carbons (Fsp3) is 0.308. The van der Waals surface area contributed by atoms with E-state index in [1.165, 1.54) is 0 Å². The van der Waals surface area contributed by atoms with Gasteiger partial charge in [0.25, 0.3) is 0 Å². The highest BCUT2D eigenvalue weighted by Crippen LogP contribution is 2.23. The molecule has 5 heteroatoms. The Morgan fingerprint density at radius 3 is 2.89 bits per heavy atom. The minimum atomic E-state index is 0.118. The second-order valence-corrected chi connectivity index (χ2v) is 5.03. The van der Waals surface area contributed by atoms with Crippen molar-refractivity contribution in [2.75, 3.05) is 0 Å². The summed E-state index contributed by atoms with van der Waals surface area (Å²) in [4.78, 5) is 15.2. The Balaban J connectivity index is 2.18. The van der Waals surface area contributed by atoms with Crippen molar-refractivity contribution >= 4 is 21.7 Å². The van der Waals surface area contributed by atoms with E-state index in [0.29, 0.717) is 24.6 Å². The Hall–Kier alpha value is -1.49. The van der Waals surface area contributed by atoms with Crippen molar-refractivity contribution < 1.29 is 9.32 Å². The van der Waals surface area contributed by atoms with Crippen molar-refractivity contribution in [2.45, 2.75) is 26.7 Å². The molecule has 0 radical (unpaired) electrons. The van der Waals surface area contributed by atoms with Crippen LogP contribution >= 0.6 is 15.9 Å². The molecule has 0 amide bonds. The van der Waals surface area contributed by atoms with E-state index >= 15 is 0 Å². The average Bonchev–Trinajstić information content (AvgIpc) is 2.79. The van der Waals surface area contributed by atoms with Crippen LogP contribution in [0.2, 0.25) is 0 Å². The minimum absolute atomic E-state index is 0.118. The van der Waals surface area contributed by atoms with Gasteiger partial charge in [0.15, 0.2) is 0 Å². The van der Waals surface area contributed by atoms with Gasteiger partial charge in [0.05, 0.1) is 0 Å². The molecule has 94 valence electrons. The molecule has 0 aliphatic carbocycles. The van der Waals surface area contributed by atoms with Crippen LogP contribution in [-0.4, -0.2) is 15.9 Å². The van der Waals surface area contributed by atoms with Gasteiger partial charge in [-0.15, -0.1) is 0 Å². The molecule has 0 atom stereocenters. The monoisotopic (exact) mass is 308 g/mol. The van der Waals surface area contributed by atoms with Crippen LogP contribution in [0, 0.1) is 6.92 Å². The Bertz CT molecular complexity index is 578. The molecule has 0 unspecified atom stereocenters. The topological polar surface area (TPSA) is 56.0 Å². The van der Waals surface area contributed by atoms with Gasteiger partial charge in [-0.1, -0.05) is 33.2 Å². The van der Waals surface area contributed by atoms with Gasteiger partial charge in [-0.2, -0.15) is 4.98 Å². The molecule has 1 aromatic heterocycles. The zero-order valence-corrected chi connectivity index (χ0v) is 11.8. The van der Waals surface area contributed by atoms with Gasteiger partial charge in [-0.3, -0.25) is 0 Å². The first-order chi connectivity index (χ1) is 8.56. The summed E-state index contributed by atoms with van der Waals surface area (Å²) in [5, 5.41) is 3.92. The van der Waals surface area contributed by atoms with Crippen molar-refractivity contribution in [2.24, 2.45) is 0 Å². The van der Waals surface area contributed by atoms with Crippen LogP contribution in [0.5, 0.6) is 0 Å². The number of carbonyl (C=O) groups excluding carboxylic acids is 1. The predicted molar refractivity (Wildman–Crippen MR) is 71.2 cm³/mol. The first-order valence-electron chi connectivity index (χ1n) is 5.65. The number of hydrogen-bond donors (Lipinski definition) is 0. The highest BCUT2D eigenvalue weighted by Gasteiger charge is 2.10. The van der Waals surface area contributed by atoms with E-state index in [2.05, 4.69) is 26.1 Å². The van der Waals surface area contributed by atoms with E-state index < -0.39 is 0 Å². The van der Waals surface area contributed by atoms with Crippen molar-refractivity contribution in [3.05, 3.63) is 34.1 Å². The SMILES string of the molecule is CC(=O)CCc1nc(-c2ccc(C)c(Br)c2)no1. The smallest absolute Gasteiger partial charge is 0.227 e. The molecular weight excluding hydrogens is 296 g/mol. The number of rotatable bonds is 4. The molecule has 0 aliphatic rings. The zero-order valence-electron chi connectivity index (χ0n) is 10.2. The molecule has 0 N–H and O–H groups in total. The fourth-order valence-electron chi connectivity index (χ4n) is 1.49. The van der Waals surface area contributed by atoms with Crippen LogP contribution < -0.4 is 0 Å². The summed E-state index contributed by atoms with van der Waals surface area (Å²) in [6.07, 6.45) is 0.925. The molecule has 2 aromatic rings. The van der Waals surface area contributed by atoms with Crippen LogP contribution in [0.4, 0.5) is 0 Å². The summed E-state index contributed by atoms with van der Waals surface area (Å²) >= 11 is 3.47. The number of aryl methyl sites for hydroxylation is 2. The summed E-state index contributed by atoms with van der Waals surface area (Å²) < 4.78 is 6.12. The number of ketones is 1. The van der Waals surface area contributed by atoms with Crippen molar-refractivity contribution in [1.29, 1.82) is 0 Å². The molecular formula is C13H13BrN2O2. The average molecular weight is 309 g/mol. The van der Waals surface area contributed by atoms with Crippen LogP contribution in [-0.2, 0) is 11.2 Å². The Labute approximate surface area is 114 Å². The normalized spacial score (nSPS) is 10.6. The third-order valence-electron chi connectivity index (χ3n) is 2.59. The summed E-state index contributed by atoms with van der Waals surface area (Å²) in [7, 11) is 0. The van der Waals surface area contributed by atoms with Gasteiger partial charge < -0.3 is 9.32 Å². The molecule has 0 spiro atoms. The number of aromatic nitrogens is 2. The molecule has 0 aliphatic heterocycles. The third kappa shape index (κ3) is 3.04. The van der Waals surface area contributed by atoms with E-state index in [1.54, 1.807) is 6.92 Å². The standard InChI is InChI=1S/C13H13BrN2O2/c1-8-3-5-10(7-11(8)14)13-15-12(18-16-13)6-4-9(2)17/h3,5,7H,4,6H2,1-2H3. The lowest BCUT2D eigenvalue weighted by Crippen LogP contribution is -1.94. The molecule has 0 saturated heterocycles. The fourth-order valence-corrected chi connectivity index (χ4v) is 1.87. The van der Waals surface area contributed by atoms with Gasteiger partial charge in [0, 0.05) is 22.9 Å². The molecule has 0 saturated carbocycles. The molecule has 2 rings (SSSR count). The molecule has 1 heterocycles. The summed E-state index contributed by atoms with van der Waals surface area (Å²) in [6.45, 7) is 3.57. The number of hydrogen-bond acceptors (Lipinski definition) is 4. The lowest BCUT2D eigenvalue weighted by atomic mass is 10.1. The number of carbonyl (C=O) groups is 1. The quantitative estimate of drug-likeness (QED) is 0.869. The van der Waals surface area contributed by atoms with Crippen molar-refractivity contribution in [3.8, 4) is 11.4 Å². The second-order valence-electron chi connectivity index (χ2n) is 4.18. The lowest BCUT2D eigenvalue weighted by molar-refractivity contribution is -0.117. The second kappa shape index (κ2) is 5.44. The molecule has 18 heavy (non-hydrogen) atoms. The largest absolute Gasteiger partial charge is 0.339 e. The number of nitrogens with zero attached hydrogens (tertiary/aromatic N) is 2. The van der Waals surface area contributed by atoms with Crippen LogP contribution in [0.1, 0.15) is 24.8 Å². The number of Topliss-reactive ketones (excluding diaryl/α,β-unsaturated/α-hetero) is 1. The maximum atomic E-state index is 10.9. The molecule has 1 aromatic carbocycles. The number of halogens is 1. The van der Waals surface area contributed by atoms with E-state index in [9.17, 15) is 4.79 Å². The lowest BCUT2D eigenvalue weighted by Gasteiger charge is -1.99. The van der Waals surface area contributed by atoms with E-state index in [-0.39, 0.29) is 5.78 Å². The van der Waals surface area contributed by atoms with Crippen molar-refractivity contribution in [1.82, 2.24) is 10.1 Å². The van der Waals surface area contributed by atoms with Crippen LogP contribution in [0.3, 0.4) is 0 Å². The molecule has 4 nitrogen and oxygen atoms in total. The van der Waals surface area contributed by atoms with Crippen LogP contribution in [0.25, 0.3) is 11.4 Å². The van der Waals surface area contributed by atoms with Gasteiger partial charge in [-0.05, 0) is 25.5 Å². The summed E-state index contributed by atoms with van der Waals surface area (Å²) in [5.41, 5.74) is 2.05. The van der Waals surface area contributed by atoms with Gasteiger partial charge >= 0.3 is 0 Å². The predicted octanol–water partition coefficient (Wildman–Crippen LogP) is 3.33. The Morgan fingerprint density at radius 1 is 1.44 bits per heavy atom. The zero-order chi connectivity index (χ0) is 13.1. The Morgan fingerprint density at radius 2 is 2.22 bits per heavy atom. The first kappa shape index (κ1) is 13.0. The molecule has 0 fully saturated rings. The van der Waals surface area contributed by atoms with Gasteiger partial charge in [0.1, 0.15) is 5.78 Å². The third-order valence-corrected chi connectivity index (χ3v) is 3.44. The van der Waals surface area contributed by atoms with Crippen molar-refractivity contribution in [3.63, 3.8) is 0 Å². The van der Waals surface area contributed by atoms with Gasteiger partial charge in [0.2, 0.25) is 11.7 Å². The minimum Gasteiger partial charge on any atom is -0.339 e. The first-order valence-corrected chi connectivity index (χ1v) is 6.44. The van der Waals surface area contributed by atoms with Crippen LogP contribution in [0.15, 0.2) is 27.2 Å².